The Labute approximate surface area is 170 Å². The van der Waals surface area contributed by atoms with Gasteiger partial charge >= 0.3 is 0 Å². The Morgan fingerprint density at radius 3 is 2.52 bits per heavy atom. The van der Waals surface area contributed by atoms with Gasteiger partial charge in [0, 0.05) is 43.4 Å². The SMILES string of the molecule is CC(C)c1ccccc1OCC(O)CN1CCN(c2ccc(Br)cn2)CC1. The van der Waals surface area contributed by atoms with Gasteiger partial charge in [-0.3, -0.25) is 4.90 Å². The lowest BCUT2D eigenvalue weighted by molar-refractivity contribution is 0.0658. The lowest BCUT2D eigenvalue weighted by atomic mass is 10.0. The van der Waals surface area contributed by atoms with Gasteiger partial charge in [0.1, 0.15) is 24.3 Å². The van der Waals surface area contributed by atoms with E-state index >= 15 is 0 Å². The first-order chi connectivity index (χ1) is 13.0. The van der Waals surface area contributed by atoms with E-state index in [0.717, 1.165) is 42.2 Å². The van der Waals surface area contributed by atoms with E-state index in [9.17, 15) is 5.11 Å². The number of pyridine rings is 1. The van der Waals surface area contributed by atoms with E-state index < -0.39 is 6.10 Å². The largest absolute Gasteiger partial charge is 0.491 e. The van der Waals surface area contributed by atoms with Crippen molar-refractivity contribution in [3.8, 4) is 5.75 Å². The van der Waals surface area contributed by atoms with Crippen LogP contribution >= 0.6 is 15.9 Å². The molecule has 3 rings (SSSR count). The molecule has 1 aromatic heterocycles. The summed E-state index contributed by atoms with van der Waals surface area (Å²) < 4.78 is 6.89. The molecule has 0 spiro atoms. The molecule has 0 radical (unpaired) electrons. The maximum atomic E-state index is 10.4. The van der Waals surface area contributed by atoms with Gasteiger partial charge in [-0.1, -0.05) is 32.0 Å². The van der Waals surface area contributed by atoms with Crippen LogP contribution in [0.3, 0.4) is 0 Å². The molecule has 1 atom stereocenters. The van der Waals surface area contributed by atoms with Gasteiger partial charge in [0.05, 0.1) is 0 Å². The van der Waals surface area contributed by atoms with Crippen LogP contribution in [-0.4, -0.2) is 60.4 Å². The number of benzene rings is 1. The Hall–Kier alpha value is -1.63. The molecule has 6 heteroatoms. The van der Waals surface area contributed by atoms with Crippen molar-refractivity contribution in [1.29, 1.82) is 0 Å². The molecule has 2 heterocycles. The summed E-state index contributed by atoms with van der Waals surface area (Å²) in [7, 11) is 0. The quantitative estimate of drug-likeness (QED) is 0.723. The van der Waals surface area contributed by atoms with Crippen molar-refractivity contribution < 1.29 is 9.84 Å². The summed E-state index contributed by atoms with van der Waals surface area (Å²) in [5, 5.41) is 10.4. The van der Waals surface area contributed by atoms with Crippen LogP contribution in [0.5, 0.6) is 5.75 Å². The summed E-state index contributed by atoms with van der Waals surface area (Å²) in [5.41, 5.74) is 1.18. The summed E-state index contributed by atoms with van der Waals surface area (Å²) in [4.78, 5) is 9.04. The minimum absolute atomic E-state index is 0.318. The zero-order valence-electron chi connectivity index (χ0n) is 16.0. The first kappa shape index (κ1) is 20.1. The molecule has 2 aromatic rings. The Morgan fingerprint density at radius 2 is 1.85 bits per heavy atom. The number of aliphatic hydroxyl groups is 1. The molecular weight excluding hydrogens is 406 g/mol. The lowest BCUT2D eigenvalue weighted by Crippen LogP contribution is -2.49. The van der Waals surface area contributed by atoms with E-state index in [1.54, 1.807) is 0 Å². The molecule has 0 amide bonds. The number of piperazine rings is 1. The average Bonchev–Trinajstić information content (AvgIpc) is 2.68. The van der Waals surface area contributed by atoms with Crippen LogP contribution in [0.4, 0.5) is 5.82 Å². The van der Waals surface area contributed by atoms with E-state index in [2.05, 4.69) is 50.6 Å². The van der Waals surface area contributed by atoms with Crippen LogP contribution < -0.4 is 9.64 Å². The van der Waals surface area contributed by atoms with E-state index in [4.69, 9.17) is 4.74 Å². The maximum absolute atomic E-state index is 10.4. The number of halogens is 1. The zero-order chi connectivity index (χ0) is 19.2. The van der Waals surface area contributed by atoms with Crippen LogP contribution in [0, 0.1) is 0 Å². The maximum Gasteiger partial charge on any atom is 0.128 e. The summed E-state index contributed by atoms with van der Waals surface area (Å²) in [5.74, 6) is 2.28. The van der Waals surface area contributed by atoms with E-state index in [1.807, 2.05) is 36.5 Å². The van der Waals surface area contributed by atoms with Crippen LogP contribution in [0.25, 0.3) is 0 Å². The third-order valence-electron chi connectivity index (χ3n) is 4.85. The van der Waals surface area contributed by atoms with Crippen LogP contribution in [0.15, 0.2) is 47.1 Å². The van der Waals surface area contributed by atoms with Crippen LogP contribution in [0.1, 0.15) is 25.3 Å². The van der Waals surface area contributed by atoms with Gasteiger partial charge in [-0.05, 0) is 45.6 Å². The topological polar surface area (TPSA) is 48.8 Å². The van der Waals surface area contributed by atoms with Gasteiger partial charge in [0.15, 0.2) is 0 Å². The molecule has 146 valence electrons. The predicted octanol–water partition coefficient (Wildman–Crippen LogP) is 3.53. The number of nitrogens with zero attached hydrogens (tertiary/aromatic N) is 3. The smallest absolute Gasteiger partial charge is 0.128 e. The molecule has 1 aliphatic heterocycles. The molecule has 1 unspecified atom stereocenters. The Morgan fingerprint density at radius 1 is 1.11 bits per heavy atom. The van der Waals surface area contributed by atoms with Gasteiger partial charge in [-0.15, -0.1) is 0 Å². The molecule has 0 saturated carbocycles. The van der Waals surface area contributed by atoms with Gasteiger partial charge in [0.25, 0.3) is 0 Å². The highest BCUT2D eigenvalue weighted by Crippen LogP contribution is 2.26. The minimum atomic E-state index is -0.498. The van der Waals surface area contributed by atoms with Crippen molar-refractivity contribution in [2.75, 3.05) is 44.2 Å². The van der Waals surface area contributed by atoms with E-state index in [1.165, 1.54) is 5.56 Å². The average molecular weight is 434 g/mol. The van der Waals surface area contributed by atoms with Crippen molar-refractivity contribution >= 4 is 21.7 Å². The number of aliphatic hydroxyl groups excluding tert-OH is 1. The van der Waals surface area contributed by atoms with Crippen molar-refractivity contribution in [3.05, 3.63) is 52.6 Å². The summed E-state index contributed by atoms with van der Waals surface area (Å²) in [6.45, 7) is 8.91. The molecule has 1 saturated heterocycles. The normalized spacial score (nSPS) is 16.6. The van der Waals surface area contributed by atoms with Crippen molar-refractivity contribution in [1.82, 2.24) is 9.88 Å². The number of β-amino-alcohol motifs (C(OH)–C–C–N with tert-alkyl or cyclic N) is 1. The third-order valence-corrected chi connectivity index (χ3v) is 5.32. The molecule has 0 bridgehead atoms. The minimum Gasteiger partial charge on any atom is -0.491 e. The molecule has 27 heavy (non-hydrogen) atoms. The van der Waals surface area contributed by atoms with Crippen molar-refractivity contribution in [2.24, 2.45) is 0 Å². The monoisotopic (exact) mass is 433 g/mol. The molecule has 1 aromatic carbocycles. The number of ether oxygens (including phenoxy) is 1. The fraction of sp³-hybridized carbons (Fsp3) is 0.476. The summed E-state index contributed by atoms with van der Waals surface area (Å²) in [6, 6.07) is 12.1. The zero-order valence-corrected chi connectivity index (χ0v) is 17.6. The molecule has 1 aliphatic rings. The highest BCUT2D eigenvalue weighted by Gasteiger charge is 2.20. The second-order valence-corrected chi connectivity index (χ2v) is 8.20. The first-order valence-corrected chi connectivity index (χ1v) is 10.3. The Balaban J connectivity index is 1.44. The second kappa shape index (κ2) is 9.53. The molecule has 0 aliphatic carbocycles. The van der Waals surface area contributed by atoms with Gasteiger partial charge in [-0.2, -0.15) is 0 Å². The molecule has 1 fully saturated rings. The van der Waals surface area contributed by atoms with Gasteiger partial charge in [0.2, 0.25) is 0 Å². The van der Waals surface area contributed by atoms with E-state index in [-0.39, 0.29) is 0 Å². The number of hydrogen-bond donors (Lipinski definition) is 1. The standard InChI is InChI=1S/C21H28BrN3O2/c1-16(2)19-5-3-4-6-20(19)27-15-18(26)14-24-9-11-25(12-10-24)21-8-7-17(22)13-23-21/h3-8,13,16,18,26H,9-12,14-15H2,1-2H3. The Bertz CT molecular complexity index is 716. The molecule has 5 nitrogen and oxygen atoms in total. The number of anilines is 1. The highest BCUT2D eigenvalue weighted by atomic mass is 79.9. The fourth-order valence-corrected chi connectivity index (χ4v) is 3.57. The first-order valence-electron chi connectivity index (χ1n) is 9.51. The summed E-state index contributed by atoms with van der Waals surface area (Å²) >= 11 is 3.42. The van der Waals surface area contributed by atoms with Crippen LogP contribution in [-0.2, 0) is 0 Å². The fourth-order valence-electron chi connectivity index (χ4n) is 3.34. The van der Waals surface area contributed by atoms with Crippen LogP contribution in [0.2, 0.25) is 0 Å². The van der Waals surface area contributed by atoms with Crippen molar-refractivity contribution in [2.45, 2.75) is 25.9 Å². The number of hydrogen-bond acceptors (Lipinski definition) is 5. The van der Waals surface area contributed by atoms with Crippen molar-refractivity contribution in [3.63, 3.8) is 0 Å². The molecular formula is C21H28BrN3O2. The van der Waals surface area contributed by atoms with E-state index in [0.29, 0.717) is 19.1 Å². The predicted molar refractivity (Wildman–Crippen MR) is 113 cm³/mol. The number of aromatic nitrogens is 1. The molecule has 1 N–H and O–H groups in total. The van der Waals surface area contributed by atoms with Gasteiger partial charge < -0.3 is 14.7 Å². The van der Waals surface area contributed by atoms with Gasteiger partial charge in [-0.25, -0.2) is 4.98 Å². The lowest BCUT2D eigenvalue weighted by Gasteiger charge is -2.36. The second-order valence-electron chi connectivity index (χ2n) is 7.28. The Kier molecular flexibility index (Phi) is 7.10. The summed E-state index contributed by atoms with van der Waals surface area (Å²) in [6.07, 6.45) is 1.33. The highest BCUT2D eigenvalue weighted by molar-refractivity contribution is 9.10. The number of para-hydroxylation sites is 1. The third kappa shape index (κ3) is 5.67. The number of rotatable bonds is 7.